The molecule has 1 amide bonds. The van der Waals surface area contributed by atoms with Gasteiger partial charge in [0, 0.05) is 23.4 Å². The van der Waals surface area contributed by atoms with Crippen molar-refractivity contribution in [1.29, 1.82) is 0 Å². The topological polar surface area (TPSA) is 72.2 Å². The number of hydrogen-bond donors (Lipinski definition) is 1. The second-order valence-electron chi connectivity index (χ2n) is 4.40. The number of nitro groups is 1. The van der Waals surface area contributed by atoms with Crippen molar-refractivity contribution in [3.63, 3.8) is 0 Å². The van der Waals surface area contributed by atoms with Gasteiger partial charge < -0.3 is 5.32 Å². The lowest BCUT2D eigenvalue weighted by atomic mass is 10.1. The predicted molar refractivity (Wildman–Crippen MR) is 79.9 cm³/mol. The fraction of sp³-hybridized carbons (Fsp3) is 0.0714. The average molecular weight is 353 g/mol. The number of carbonyl (C=O) groups is 1. The third-order valence-corrected chi connectivity index (χ3v) is 3.36. The second kappa shape index (κ2) is 6.01. The molecule has 0 unspecified atom stereocenters. The van der Waals surface area contributed by atoms with Gasteiger partial charge in [0.05, 0.1) is 9.40 Å². The molecule has 21 heavy (non-hydrogen) atoms. The fourth-order valence-corrected chi connectivity index (χ4v) is 2.02. The van der Waals surface area contributed by atoms with Crippen LogP contribution in [0.15, 0.2) is 40.9 Å². The number of hydrogen-bond acceptors (Lipinski definition) is 3. The summed E-state index contributed by atoms with van der Waals surface area (Å²) in [6.45, 7) is 1.66. The number of nitro benzene ring substituents is 1. The first-order valence-electron chi connectivity index (χ1n) is 5.89. The molecule has 0 saturated carbocycles. The number of nitrogens with one attached hydrogen (secondary N) is 1. The Morgan fingerprint density at radius 2 is 2.00 bits per heavy atom. The van der Waals surface area contributed by atoms with Crippen LogP contribution in [0.1, 0.15) is 15.9 Å². The predicted octanol–water partition coefficient (Wildman–Crippen LogP) is 4.06. The molecule has 0 radical (unpaired) electrons. The van der Waals surface area contributed by atoms with Crippen molar-refractivity contribution in [3.05, 3.63) is 67.9 Å². The van der Waals surface area contributed by atoms with Crippen LogP contribution in [-0.2, 0) is 0 Å². The lowest BCUT2D eigenvalue weighted by Gasteiger charge is -2.07. The Labute approximate surface area is 128 Å². The van der Waals surface area contributed by atoms with E-state index in [1.165, 1.54) is 30.3 Å². The standard InChI is InChI=1S/C14H10BrFN2O3/c1-8-4-9(6-11(5-8)18(20)21)14(19)17-10-2-3-12(15)13(16)7-10/h2-7H,1H3,(H,17,19). The zero-order chi connectivity index (χ0) is 15.6. The molecule has 0 fully saturated rings. The van der Waals surface area contributed by atoms with Crippen LogP contribution in [0.5, 0.6) is 0 Å². The van der Waals surface area contributed by atoms with Gasteiger partial charge in [0.15, 0.2) is 0 Å². The summed E-state index contributed by atoms with van der Waals surface area (Å²) < 4.78 is 13.7. The van der Waals surface area contributed by atoms with Gasteiger partial charge >= 0.3 is 0 Å². The molecular weight excluding hydrogens is 343 g/mol. The maximum atomic E-state index is 13.4. The minimum atomic E-state index is -0.566. The molecule has 0 aromatic heterocycles. The van der Waals surface area contributed by atoms with Crippen LogP contribution in [0, 0.1) is 22.9 Å². The van der Waals surface area contributed by atoms with E-state index in [9.17, 15) is 19.3 Å². The van der Waals surface area contributed by atoms with Gasteiger partial charge in [-0.2, -0.15) is 0 Å². The fourth-order valence-electron chi connectivity index (χ4n) is 1.78. The number of nitrogens with zero attached hydrogens (tertiary/aromatic N) is 1. The number of anilines is 1. The van der Waals surface area contributed by atoms with Gasteiger partial charge in [-0.1, -0.05) is 0 Å². The van der Waals surface area contributed by atoms with Crippen LogP contribution >= 0.6 is 15.9 Å². The van der Waals surface area contributed by atoms with E-state index in [0.29, 0.717) is 5.56 Å². The number of halogens is 2. The van der Waals surface area contributed by atoms with Crippen LogP contribution < -0.4 is 5.32 Å². The number of non-ortho nitro benzene ring substituents is 1. The molecule has 0 bridgehead atoms. The molecule has 108 valence electrons. The van der Waals surface area contributed by atoms with E-state index in [2.05, 4.69) is 21.2 Å². The molecule has 0 aliphatic carbocycles. The quantitative estimate of drug-likeness (QED) is 0.668. The zero-order valence-corrected chi connectivity index (χ0v) is 12.5. The van der Waals surface area contributed by atoms with Crippen LogP contribution in [0.4, 0.5) is 15.8 Å². The van der Waals surface area contributed by atoms with Gasteiger partial charge in [0.25, 0.3) is 11.6 Å². The smallest absolute Gasteiger partial charge is 0.270 e. The normalized spacial score (nSPS) is 10.2. The number of carbonyl (C=O) groups excluding carboxylic acids is 1. The molecule has 0 spiro atoms. The van der Waals surface area contributed by atoms with E-state index in [1.807, 2.05) is 0 Å². The van der Waals surface area contributed by atoms with Gasteiger partial charge in [0.2, 0.25) is 0 Å². The lowest BCUT2D eigenvalue weighted by Crippen LogP contribution is -2.12. The molecule has 1 N–H and O–H groups in total. The summed E-state index contributed by atoms with van der Waals surface area (Å²) in [6.07, 6.45) is 0. The van der Waals surface area contributed by atoms with Crippen LogP contribution in [0.3, 0.4) is 0 Å². The Morgan fingerprint density at radius 3 is 2.62 bits per heavy atom. The first-order valence-corrected chi connectivity index (χ1v) is 6.68. The summed E-state index contributed by atoms with van der Waals surface area (Å²) >= 11 is 3.01. The van der Waals surface area contributed by atoms with Crippen molar-refractivity contribution in [3.8, 4) is 0 Å². The zero-order valence-electron chi connectivity index (χ0n) is 10.9. The van der Waals surface area contributed by atoms with E-state index < -0.39 is 16.6 Å². The SMILES string of the molecule is Cc1cc(C(=O)Nc2ccc(Br)c(F)c2)cc([N+](=O)[O-])c1. The summed E-state index contributed by atoms with van der Waals surface area (Å²) in [5, 5.41) is 13.3. The monoisotopic (exact) mass is 352 g/mol. The summed E-state index contributed by atoms with van der Waals surface area (Å²) in [7, 11) is 0. The highest BCUT2D eigenvalue weighted by molar-refractivity contribution is 9.10. The maximum absolute atomic E-state index is 13.4. The second-order valence-corrected chi connectivity index (χ2v) is 5.25. The molecule has 0 saturated heterocycles. The number of benzene rings is 2. The third-order valence-electron chi connectivity index (χ3n) is 2.71. The van der Waals surface area contributed by atoms with Gasteiger partial charge in [0.1, 0.15) is 5.82 Å². The van der Waals surface area contributed by atoms with Crippen molar-refractivity contribution < 1.29 is 14.1 Å². The van der Waals surface area contributed by atoms with Crippen LogP contribution in [0.2, 0.25) is 0 Å². The van der Waals surface area contributed by atoms with E-state index in [0.717, 1.165) is 6.07 Å². The lowest BCUT2D eigenvalue weighted by molar-refractivity contribution is -0.384. The summed E-state index contributed by atoms with van der Waals surface area (Å²) in [5.74, 6) is -1.05. The summed E-state index contributed by atoms with van der Waals surface area (Å²) in [5.41, 5.74) is 0.841. The highest BCUT2D eigenvalue weighted by atomic mass is 79.9. The molecule has 0 aliphatic heterocycles. The Hall–Kier alpha value is -2.28. The average Bonchev–Trinajstić information content (AvgIpc) is 2.42. The Kier molecular flexibility index (Phi) is 4.32. The molecular formula is C14H10BrFN2O3. The van der Waals surface area contributed by atoms with Gasteiger partial charge in [-0.25, -0.2) is 4.39 Å². The molecule has 0 heterocycles. The first kappa shape index (κ1) is 15.1. The Bertz CT molecular complexity index is 734. The molecule has 2 aromatic carbocycles. The number of aryl methyl sites for hydroxylation is 1. The van der Waals surface area contributed by atoms with Crippen molar-refractivity contribution >= 4 is 33.2 Å². The van der Waals surface area contributed by atoms with Crippen molar-refractivity contribution in [2.75, 3.05) is 5.32 Å². The van der Waals surface area contributed by atoms with E-state index in [-0.39, 0.29) is 21.4 Å². The maximum Gasteiger partial charge on any atom is 0.270 e. The molecule has 2 aromatic rings. The van der Waals surface area contributed by atoms with Crippen LogP contribution in [0.25, 0.3) is 0 Å². The summed E-state index contributed by atoms with van der Waals surface area (Å²) in [6, 6.07) is 8.22. The first-order chi connectivity index (χ1) is 9.86. The summed E-state index contributed by atoms with van der Waals surface area (Å²) in [4.78, 5) is 22.3. The van der Waals surface area contributed by atoms with Crippen molar-refractivity contribution in [2.45, 2.75) is 6.92 Å². The molecule has 2 rings (SSSR count). The molecule has 0 aliphatic rings. The van der Waals surface area contributed by atoms with E-state index >= 15 is 0 Å². The van der Waals surface area contributed by atoms with Gasteiger partial charge in [-0.3, -0.25) is 14.9 Å². The highest BCUT2D eigenvalue weighted by Crippen LogP contribution is 2.21. The number of amides is 1. The van der Waals surface area contributed by atoms with Crippen molar-refractivity contribution in [2.24, 2.45) is 0 Å². The minimum Gasteiger partial charge on any atom is -0.322 e. The Balaban J connectivity index is 2.27. The van der Waals surface area contributed by atoms with Gasteiger partial charge in [-0.15, -0.1) is 0 Å². The molecule has 0 atom stereocenters. The minimum absolute atomic E-state index is 0.144. The number of rotatable bonds is 3. The molecule has 7 heteroatoms. The van der Waals surface area contributed by atoms with Gasteiger partial charge in [-0.05, 0) is 52.7 Å². The largest absolute Gasteiger partial charge is 0.322 e. The highest BCUT2D eigenvalue weighted by Gasteiger charge is 2.14. The van der Waals surface area contributed by atoms with E-state index in [1.54, 1.807) is 6.92 Å². The van der Waals surface area contributed by atoms with Crippen LogP contribution in [-0.4, -0.2) is 10.8 Å². The van der Waals surface area contributed by atoms with E-state index in [4.69, 9.17) is 0 Å². The third kappa shape index (κ3) is 3.63. The molecule has 5 nitrogen and oxygen atoms in total. The Morgan fingerprint density at radius 1 is 1.29 bits per heavy atom. The van der Waals surface area contributed by atoms with Crippen molar-refractivity contribution in [1.82, 2.24) is 0 Å².